The Balaban J connectivity index is 1.39. The molecular weight excluding hydrogens is 536 g/mol. The van der Waals surface area contributed by atoms with E-state index in [0.717, 1.165) is 24.0 Å². The van der Waals surface area contributed by atoms with Gasteiger partial charge in [0.05, 0.1) is 6.04 Å². The molecule has 0 bridgehead atoms. The van der Waals surface area contributed by atoms with Crippen molar-refractivity contribution in [3.05, 3.63) is 35.4 Å². The van der Waals surface area contributed by atoms with Crippen LogP contribution in [-0.2, 0) is 36.8 Å². The summed E-state index contributed by atoms with van der Waals surface area (Å²) in [7, 11) is 0. The van der Waals surface area contributed by atoms with Crippen LogP contribution in [0.3, 0.4) is 0 Å². The molecule has 4 amide bonds. The average Bonchev–Trinajstić information content (AvgIpc) is 3.68. The number of amides is 4. The molecular formula is C32H44N4O6. The van der Waals surface area contributed by atoms with E-state index in [9.17, 15) is 24.0 Å². The van der Waals surface area contributed by atoms with Crippen molar-refractivity contribution in [3.63, 3.8) is 0 Å². The number of hydrogen-bond donors (Lipinski definition) is 3. The normalized spacial score (nSPS) is 26.0. The van der Waals surface area contributed by atoms with Gasteiger partial charge in [-0.3, -0.25) is 19.2 Å². The van der Waals surface area contributed by atoms with Crippen LogP contribution < -0.4 is 16.4 Å². The van der Waals surface area contributed by atoms with Crippen LogP contribution in [0.4, 0.5) is 4.79 Å². The Morgan fingerprint density at radius 1 is 1.02 bits per heavy atom. The standard InChI is InChI=1S/C32H44N4O6/c1-16(2)17(3)42-31(41)35-25(21-13-19-8-6-7-9-20(19)14-21)30(40)36-15-22-24(32(22,4)5)26(36)29(39)34-23(12-18-10-11-18)27(37)28(33)38/h6-9,16-18,21-26H,10-15H2,1-5H3,(H2,33,38)(H,34,39)(H,35,41)/t17-,22+,23?,24+,25+,26+/m1/s1. The highest BCUT2D eigenvalue weighted by Gasteiger charge is 2.69. The van der Waals surface area contributed by atoms with E-state index in [4.69, 9.17) is 10.5 Å². The Kier molecular flexibility index (Phi) is 8.11. The molecule has 42 heavy (non-hydrogen) atoms. The maximum absolute atomic E-state index is 14.4. The summed E-state index contributed by atoms with van der Waals surface area (Å²) in [5.41, 5.74) is 7.42. The summed E-state index contributed by atoms with van der Waals surface area (Å²) in [5.74, 6) is -2.50. The maximum atomic E-state index is 14.4. The third kappa shape index (κ3) is 5.90. The molecule has 3 aliphatic carbocycles. The molecule has 5 rings (SSSR count). The predicted molar refractivity (Wildman–Crippen MR) is 155 cm³/mol. The topological polar surface area (TPSA) is 148 Å². The number of piperidine rings is 1. The third-order valence-corrected chi connectivity index (χ3v) is 10.2. The first kappa shape index (κ1) is 30.0. The van der Waals surface area contributed by atoms with Gasteiger partial charge in [-0.05, 0) is 72.3 Å². The van der Waals surface area contributed by atoms with Gasteiger partial charge in [-0.15, -0.1) is 0 Å². The first-order valence-electron chi connectivity index (χ1n) is 15.3. The molecule has 1 heterocycles. The number of hydrogen-bond acceptors (Lipinski definition) is 6. The fourth-order valence-corrected chi connectivity index (χ4v) is 7.01. The summed E-state index contributed by atoms with van der Waals surface area (Å²) < 4.78 is 5.59. The van der Waals surface area contributed by atoms with Crippen molar-refractivity contribution >= 4 is 29.6 Å². The molecule has 10 heteroatoms. The van der Waals surface area contributed by atoms with E-state index in [2.05, 4.69) is 24.5 Å². The number of carbonyl (C=O) groups excluding carboxylic acids is 5. The highest BCUT2D eigenvalue weighted by molar-refractivity contribution is 6.37. The van der Waals surface area contributed by atoms with E-state index >= 15 is 0 Å². The molecule has 6 atom stereocenters. The van der Waals surface area contributed by atoms with Gasteiger partial charge in [-0.25, -0.2) is 4.79 Å². The second kappa shape index (κ2) is 11.3. The lowest BCUT2D eigenvalue weighted by atomic mass is 9.93. The quantitative estimate of drug-likeness (QED) is 0.342. The molecule has 0 aromatic heterocycles. The molecule has 10 nitrogen and oxygen atoms in total. The van der Waals surface area contributed by atoms with Gasteiger partial charge in [0.1, 0.15) is 18.2 Å². The third-order valence-electron chi connectivity index (χ3n) is 10.2. The number of nitrogens with one attached hydrogen (secondary N) is 2. The first-order valence-corrected chi connectivity index (χ1v) is 15.3. The first-order chi connectivity index (χ1) is 19.8. The number of nitrogens with zero attached hydrogens (tertiary/aromatic N) is 1. The van der Waals surface area contributed by atoms with Crippen molar-refractivity contribution in [2.24, 2.45) is 40.7 Å². The molecule has 3 fully saturated rings. The number of ketones is 1. The molecule has 4 aliphatic rings. The fraction of sp³-hybridized carbons (Fsp3) is 0.656. The van der Waals surface area contributed by atoms with Gasteiger partial charge < -0.3 is 26.0 Å². The van der Waals surface area contributed by atoms with Crippen molar-refractivity contribution in [2.45, 2.75) is 91.0 Å². The molecule has 1 aliphatic heterocycles. The van der Waals surface area contributed by atoms with Crippen LogP contribution in [0.2, 0.25) is 0 Å². The zero-order valence-corrected chi connectivity index (χ0v) is 25.2. The van der Waals surface area contributed by atoms with Gasteiger partial charge in [0.25, 0.3) is 5.91 Å². The smallest absolute Gasteiger partial charge is 0.408 e. The predicted octanol–water partition coefficient (Wildman–Crippen LogP) is 2.36. The number of nitrogens with two attached hydrogens (primary N) is 1. The Bertz CT molecular complexity index is 1250. The zero-order chi connectivity index (χ0) is 30.5. The zero-order valence-electron chi connectivity index (χ0n) is 25.2. The van der Waals surface area contributed by atoms with Crippen LogP contribution >= 0.6 is 0 Å². The number of benzene rings is 1. The molecule has 1 unspecified atom stereocenters. The van der Waals surface area contributed by atoms with Crippen LogP contribution in [0.1, 0.15) is 65.0 Å². The maximum Gasteiger partial charge on any atom is 0.408 e. The monoisotopic (exact) mass is 580 g/mol. The fourth-order valence-electron chi connectivity index (χ4n) is 7.01. The largest absolute Gasteiger partial charge is 0.446 e. The van der Waals surface area contributed by atoms with Gasteiger partial charge >= 0.3 is 6.09 Å². The van der Waals surface area contributed by atoms with Gasteiger partial charge in [0.2, 0.25) is 17.6 Å². The lowest BCUT2D eigenvalue weighted by Gasteiger charge is -2.35. The SMILES string of the molecule is CC(C)[C@@H](C)OC(=O)N[C@H](C(=O)N1C[C@H]2[C@@H]([C@H]1C(=O)NC(CC1CC1)C(=O)C(N)=O)C2(C)C)C1Cc2ccccc2C1. The van der Waals surface area contributed by atoms with Crippen LogP contribution in [0.25, 0.3) is 0 Å². The molecule has 1 aromatic rings. The summed E-state index contributed by atoms with van der Waals surface area (Å²) in [6, 6.07) is 5.28. The summed E-state index contributed by atoms with van der Waals surface area (Å²) in [5, 5.41) is 5.67. The number of fused-ring (bicyclic) bond motifs is 2. The second-order valence-electron chi connectivity index (χ2n) is 13.8. The Hall–Kier alpha value is -3.43. The van der Waals surface area contributed by atoms with Crippen molar-refractivity contribution in [1.29, 1.82) is 0 Å². The Labute approximate surface area is 247 Å². The van der Waals surface area contributed by atoms with Crippen LogP contribution in [-0.4, -0.2) is 65.3 Å². The van der Waals surface area contributed by atoms with Crippen molar-refractivity contribution in [2.75, 3.05) is 6.54 Å². The van der Waals surface area contributed by atoms with Crippen molar-refractivity contribution in [3.8, 4) is 0 Å². The highest BCUT2D eigenvalue weighted by atomic mass is 16.6. The molecule has 1 aromatic carbocycles. The van der Waals surface area contributed by atoms with E-state index in [0.29, 0.717) is 25.8 Å². The average molecular weight is 581 g/mol. The molecule has 228 valence electrons. The van der Waals surface area contributed by atoms with Crippen molar-refractivity contribution in [1.82, 2.24) is 15.5 Å². The second-order valence-corrected chi connectivity index (χ2v) is 13.8. The highest BCUT2D eigenvalue weighted by Crippen LogP contribution is 2.65. The van der Waals surface area contributed by atoms with Crippen LogP contribution in [0.5, 0.6) is 0 Å². The van der Waals surface area contributed by atoms with Crippen LogP contribution in [0.15, 0.2) is 24.3 Å². The lowest BCUT2D eigenvalue weighted by Crippen LogP contribution is -2.59. The number of rotatable bonds is 11. The Morgan fingerprint density at radius 2 is 1.64 bits per heavy atom. The molecule has 4 N–H and O–H groups in total. The number of likely N-dealkylation sites (tertiary alicyclic amines) is 1. The summed E-state index contributed by atoms with van der Waals surface area (Å²) in [4.78, 5) is 67.2. The minimum absolute atomic E-state index is 0.0963. The van der Waals surface area contributed by atoms with E-state index < -0.39 is 41.8 Å². The van der Waals surface area contributed by atoms with Gasteiger partial charge in [0.15, 0.2) is 0 Å². The molecule has 1 saturated heterocycles. The van der Waals surface area contributed by atoms with Crippen LogP contribution in [0, 0.1) is 35.0 Å². The summed E-state index contributed by atoms with van der Waals surface area (Å²) >= 11 is 0. The van der Waals surface area contributed by atoms with E-state index in [1.165, 1.54) is 0 Å². The lowest BCUT2D eigenvalue weighted by molar-refractivity contribution is -0.144. The van der Waals surface area contributed by atoms with Gasteiger partial charge in [-0.1, -0.05) is 64.8 Å². The minimum Gasteiger partial charge on any atom is -0.446 e. The number of carbonyl (C=O) groups is 5. The number of alkyl carbamates (subject to hydrolysis) is 1. The van der Waals surface area contributed by atoms with Crippen molar-refractivity contribution < 1.29 is 28.7 Å². The van der Waals surface area contributed by atoms with Gasteiger partial charge in [0, 0.05) is 6.54 Å². The van der Waals surface area contributed by atoms with E-state index in [1.807, 2.05) is 45.0 Å². The molecule has 2 saturated carbocycles. The van der Waals surface area contributed by atoms with E-state index in [1.54, 1.807) is 4.90 Å². The summed E-state index contributed by atoms with van der Waals surface area (Å²) in [6.45, 7) is 10.3. The minimum atomic E-state index is -1.08. The van der Waals surface area contributed by atoms with Gasteiger partial charge in [-0.2, -0.15) is 0 Å². The Morgan fingerprint density at radius 3 is 2.19 bits per heavy atom. The number of primary amides is 1. The van der Waals surface area contributed by atoms with E-state index in [-0.39, 0.29) is 47.0 Å². The molecule has 0 radical (unpaired) electrons. The molecule has 0 spiro atoms. The summed E-state index contributed by atoms with van der Waals surface area (Å²) in [6.07, 6.45) is 2.47. The number of Topliss-reactive ketones (excluding diaryl/α,β-unsaturated/α-hetero) is 1. The number of ether oxygens (including phenoxy) is 1.